The van der Waals surface area contributed by atoms with Gasteiger partial charge in [-0.25, -0.2) is 15.0 Å². The first kappa shape index (κ1) is 23.4. The van der Waals surface area contributed by atoms with Crippen LogP contribution in [-0.2, 0) is 0 Å². The Morgan fingerprint density at radius 3 is 1.54 bits per heavy atom. The lowest BCUT2D eigenvalue weighted by atomic mass is 9.95. The molecule has 234 valence electrons. The zero-order valence-corrected chi connectivity index (χ0v) is 27.9. The summed E-state index contributed by atoms with van der Waals surface area (Å²) in [6.07, 6.45) is 0. The zero-order valence-electron chi connectivity index (χ0n) is 32.3. The van der Waals surface area contributed by atoms with Gasteiger partial charge in [0.1, 0.15) is 0 Å². The van der Waals surface area contributed by atoms with Gasteiger partial charge in [0.25, 0.3) is 0 Å². The van der Waals surface area contributed by atoms with E-state index in [1.54, 1.807) is 11.3 Å². The molecule has 0 aliphatic heterocycles. The molecule has 0 N–H and O–H groups in total. The number of benzene rings is 7. The highest BCUT2D eigenvalue weighted by Crippen LogP contribution is 2.44. The molecule has 7 aromatic carbocycles. The number of thiophene rings is 2. The van der Waals surface area contributed by atoms with Crippen molar-refractivity contribution in [3.8, 4) is 56.4 Å². The fourth-order valence-electron chi connectivity index (χ4n) is 6.37. The molecule has 0 amide bonds. The predicted molar refractivity (Wildman–Crippen MR) is 213 cm³/mol. The molecule has 3 heterocycles. The molecular formula is C45H27N3S2. The van der Waals surface area contributed by atoms with Crippen LogP contribution in [-0.4, -0.2) is 15.0 Å². The van der Waals surface area contributed by atoms with Crippen LogP contribution in [0.25, 0.3) is 96.8 Å². The molecule has 0 fully saturated rings. The lowest BCUT2D eigenvalue weighted by Crippen LogP contribution is -1.99. The van der Waals surface area contributed by atoms with Gasteiger partial charge in [0.15, 0.2) is 17.5 Å². The van der Waals surface area contributed by atoms with Gasteiger partial charge in [0, 0.05) is 62.6 Å². The minimum atomic E-state index is -0.268. The first-order chi connectivity index (χ1) is 27.3. The molecule has 0 bridgehead atoms. The Kier molecular flexibility index (Phi) is 5.54. The van der Waals surface area contributed by atoms with Crippen molar-refractivity contribution < 1.29 is 8.22 Å². The van der Waals surface area contributed by atoms with E-state index in [-0.39, 0.29) is 58.4 Å². The molecule has 50 heavy (non-hydrogen) atoms. The molecule has 0 radical (unpaired) electrons. The molecule has 0 atom stereocenters. The van der Waals surface area contributed by atoms with Crippen molar-refractivity contribution in [2.45, 2.75) is 0 Å². The van der Waals surface area contributed by atoms with E-state index in [4.69, 9.17) is 15.0 Å². The molecule has 0 unspecified atom stereocenters. The van der Waals surface area contributed by atoms with Gasteiger partial charge >= 0.3 is 0 Å². The SMILES string of the molecule is [2H]c1c(-c2cc(-c3ccccc3)c3sc4ccccc4c3c2)c([2H])c2sc3c([2H])c(-c4nc(-c5ccccc5)nc(-c5ccccc5)n4)c([2H])c([2H])c3c2c1[2H]. The number of hydrogen-bond acceptors (Lipinski definition) is 5. The first-order valence-corrected chi connectivity index (χ1v) is 17.8. The van der Waals surface area contributed by atoms with Crippen molar-refractivity contribution in [2.75, 3.05) is 0 Å². The summed E-state index contributed by atoms with van der Waals surface area (Å²) in [6.45, 7) is 0. The van der Waals surface area contributed by atoms with Gasteiger partial charge in [-0.3, -0.25) is 0 Å². The molecule has 0 aliphatic carbocycles. The van der Waals surface area contributed by atoms with Crippen LogP contribution in [0.1, 0.15) is 8.22 Å². The summed E-state index contributed by atoms with van der Waals surface area (Å²) in [6, 6.07) is 40.4. The van der Waals surface area contributed by atoms with Gasteiger partial charge in [-0.2, -0.15) is 0 Å². The molecule has 0 saturated heterocycles. The third-order valence-corrected chi connectivity index (χ3v) is 11.0. The number of nitrogens with zero attached hydrogens (tertiary/aromatic N) is 3. The normalized spacial score (nSPS) is 13.3. The highest BCUT2D eigenvalue weighted by atomic mass is 32.1. The summed E-state index contributed by atoms with van der Waals surface area (Å²) in [5, 5.41) is 2.54. The summed E-state index contributed by atoms with van der Waals surface area (Å²) in [4.78, 5) is 14.3. The molecule has 0 saturated carbocycles. The molecule has 5 heteroatoms. The summed E-state index contributed by atoms with van der Waals surface area (Å²) in [5.41, 5.74) is 4.48. The topological polar surface area (TPSA) is 38.7 Å². The van der Waals surface area contributed by atoms with E-state index in [9.17, 15) is 8.22 Å². The van der Waals surface area contributed by atoms with Crippen molar-refractivity contribution >= 4 is 63.0 Å². The second-order valence-electron chi connectivity index (χ2n) is 11.9. The maximum atomic E-state index is 9.62. The highest BCUT2D eigenvalue weighted by molar-refractivity contribution is 7.26. The Bertz CT molecular complexity index is 3150. The van der Waals surface area contributed by atoms with E-state index in [2.05, 4.69) is 24.3 Å². The molecule has 10 rings (SSSR count). The summed E-state index contributed by atoms with van der Waals surface area (Å²) in [5.74, 6) is 0.822. The summed E-state index contributed by atoms with van der Waals surface area (Å²) >= 11 is 2.84. The average molecular weight is 680 g/mol. The van der Waals surface area contributed by atoms with Crippen molar-refractivity contribution in [1.82, 2.24) is 15.0 Å². The fraction of sp³-hybridized carbons (Fsp3) is 0. The third kappa shape index (κ3) is 4.98. The van der Waals surface area contributed by atoms with E-state index >= 15 is 0 Å². The molecule has 3 nitrogen and oxygen atoms in total. The van der Waals surface area contributed by atoms with Gasteiger partial charge in [-0.1, -0.05) is 133 Å². The highest BCUT2D eigenvalue weighted by Gasteiger charge is 2.16. The van der Waals surface area contributed by atoms with E-state index in [0.717, 1.165) is 53.8 Å². The van der Waals surface area contributed by atoms with Crippen LogP contribution >= 0.6 is 22.7 Å². The second kappa shape index (κ2) is 11.8. The van der Waals surface area contributed by atoms with Crippen LogP contribution in [0.4, 0.5) is 0 Å². The van der Waals surface area contributed by atoms with E-state index in [1.165, 1.54) is 0 Å². The van der Waals surface area contributed by atoms with Crippen LogP contribution in [0.5, 0.6) is 0 Å². The smallest absolute Gasteiger partial charge is 0.164 e. The van der Waals surface area contributed by atoms with E-state index in [0.29, 0.717) is 32.2 Å². The Morgan fingerprint density at radius 1 is 0.380 bits per heavy atom. The summed E-state index contributed by atoms with van der Waals surface area (Å²) in [7, 11) is 0. The quantitative estimate of drug-likeness (QED) is 0.182. The minimum absolute atomic E-state index is 0.0462. The zero-order chi connectivity index (χ0) is 38.2. The van der Waals surface area contributed by atoms with Crippen molar-refractivity contribution in [2.24, 2.45) is 0 Å². The predicted octanol–water partition coefficient (Wildman–Crippen LogP) is 12.9. The van der Waals surface area contributed by atoms with Crippen molar-refractivity contribution in [3.63, 3.8) is 0 Å². The molecule has 0 aliphatic rings. The van der Waals surface area contributed by atoms with Crippen LogP contribution in [0.2, 0.25) is 0 Å². The van der Waals surface area contributed by atoms with Crippen LogP contribution in [0, 0.1) is 0 Å². The molecule has 0 spiro atoms. The third-order valence-electron chi connectivity index (χ3n) is 8.78. The van der Waals surface area contributed by atoms with Crippen LogP contribution in [0.3, 0.4) is 0 Å². The molecule has 10 aromatic rings. The number of fused-ring (bicyclic) bond motifs is 6. The molecule has 3 aromatic heterocycles. The number of aromatic nitrogens is 3. The first-order valence-electron chi connectivity index (χ1n) is 19.1. The van der Waals surface area contributed by atoms with Gasteiger partial charge in [-0.05, 0) is 47.0 Å². The number of rotatable bonds is 5. The van der Waals surface area contributed by atoms with Crippen molar-refractivity contribution in [3.05, 3.63) is 164 Å². The second-order valence-corrected chi connectivity index (χ2v) is 14.0. The largest absolute Gasteiger partial charge is 0.208 e. The van der Waals surface area contributed by atoms with Crippen LogP contribution in [0.15, 0.2) is 164 Å². The monoisotopic (exact) mass is 679 g/mol. The lowest BCUT2D eigenvalue weighted by molar-refractivity contribution is 1.07. The summed E-state index contributed by atoms with van der Waals surface area (Å²) < 4.78 is 59.4. The van der Waals surface area contributed by atoms with Gasteiger partial charge < -0.3 is 0 Å². The van der Waals surface area contributed by atoms with E-state index < -0.39 is 0 Å². The molecular weight excluding hydrogens is 647 g/mol. The Hall–Kier alpha value is -6.01. The maximum Gasteiger partial charge on any atom is 0.164 e. The van der Waals surface area contributed by atoms with Gasteiger partial charge in [-0.15, -0.1) is 22.7 Å². The number of hydrogen-bond donors (Lipinski definition) is 0. The Morgan fingerprint density at radius 2 is 0.900 bits per heavy atom. The van der Waals surface area contributed by atoms with Gasteiger partial charge in [0.2, 0.25) is 0 Å². The Balaban J connectivity index is 1.23. The van der Waals surface area contributed by atoms with Crippen molar-refractivity contribution in [1.29, 1.82) is 0 Å². The Labute approximate surface area is 305 Å². The minimum Gasteiger partial charge on any atom is -0.208 e. The maximum absolute atomic E-state index is 9.62. The van der Waals surface area contributed by atoms with E-state index in [1.807, 2.05) is 103 Å². The fourth-order valence-corrected chi connectivity index (χ4v) is 8.61. The lowest BCUT2D eigenvalue weighted by Gasteiger charge is -2.09. The van der Waals surface area contributed by atoms with Gasteiger partial charge in [0.05, 0.1) is 8.22 Å². The average Bonchev–Trinajstić information content (AvgIpc) is 3.83. The van der Waals surface area contributed by atoms with Crippen LogP contribution < -0.4 is 0 Å². The standard InChI is InChI=1S/C45H27N3S2/c1-4-12-28(13-5-1)37-24-33(25-38-34-18-10-11-19-39(34)50-42(37)38)31-20-22-35-36-23-21-32(27-41(36)49-40(35)26-31)45-47-43(29-14-6-2-7-15-29)46-44(48-45)30-16-8-3-9-17-30/h1-27H/i20D,21D,22D,23D,26D,27D.